The first-order valence-electron chi connectivity index (χ1n) is 6.16. The van der Waals surface area contributed by atoms with Gasteiger partial charge in [-0.15, -0.1) is 0 Å². The zero-order chi connectivity index (χ0) is 13.2. The molecule has 1 saturated heterocycles. The summed E-state index contributed by atoms with van der Waals surface area (Å²) in [7, 11) is 0. The van der Waals surface area contributed by atoms with E-state index in [0.717, 1.165) is 0 Å². The number of benzene rings is 1. The summed E-state index contributed by atoms with van der Waals surface area (Å²) in [4.78, 5) is 13.4. The highest BCUT2D eigenvalue weighted by Crippen LogP contribution is 2.20. The third kappa shape index (κ3) is 3.36. The topological polar surface area (TPSA) is 29.5 Å². The van der Waals surface area contributed by atoms with Gasteiger partial charge in [-0.1, -0.05) is 36.4 Å². The summed E-state index contributed by atoms with van der Waals surface area (Å²) in [6.07, 6.45) is 1.90. The maximum Gasteiger partial charge on any atom is 0.410 e. The summed E-state index contributed by atoms with van der Waals surface area (Å²) in [5, 5.41) is 0. The van der Waals surface area contributed by atoms with Crippen LogP contribution < -0.4 is 0 Å². The van der Waals surface area contributed by atoms with E-state index >= 15 is 0 Å². The highest BCUT2D eigenvalue weighted by atomic mass is 16.6. The first kappa shape index (κ1) is 12.7. The molecule has 96 valence electrons. The Balaban J connectivity index is 1.87. The first-order valence-corrected chi connectivity index (χ1v) is 6.16. The lowest BCUT2D eigenvalue weighted by molar-refractivity contribution is 0.0216. The smallest absolute Gasteiger partial charge is 0.410 e. The normalized spacial score (nSPS) is 15.1. The number of hydrogen-bond donors (Lipinski definition) is 0. The minimum Gasteiger partial charge on any atom is -0.444 e. The molecule has 0 radical (unpaired) electrons. The molecule has 0 atom stereocenters. The maximum atomic E-state index is 11.7. The Morgan fingerprint density at radius 1 is 1.22 bits per heavy atom. The van der Waals surface area contributed by atoms with Crippen LogP contribution in [0.1, 0.15) is 26.3 Å². The number of ether oxygens (including phenoxy) is 1. The average Bonchev–Trinajstić information content (AvgIpc) is 2.21. The molecule has 2 rings (SSSR count). The van der Waals surface area contributed by atoms with Gasteiger partial charge in [0.05, 0.1) is 0 Å². The Hall–Kier alpha value is -1.77. The van der Waals surface area contributed by atoms with Crippen LogP contribution in [0, 0.1) is 0 Å². The largest absolute Gasteiger partial charge is 0.444 e. The van der Waals surface area contributed by atoms with Crippen molar-refractivity contribution < 1.29 is 9.53 Å². The van der Waals surface area contributed by atoms with Crippen molar-refractivity contribution in [1.82, 2.24) is 4.90 Å². The van der Waals surface area contributed by atoms with Crippen molar-refractivity contribution in [3.8, 4) is 0 Å². The van der Waals surface area contributed by atoms with E-state index in [1.807, 2.05) is 39.0 Å². The number of carbonyl (C=O) groups excluding carboxylic acids is 1. The maximum absolute atomic E-state index is 11.7. The second kappa shape index (κ2) is 4.84. The Morgan fingerprint density at radius 2 is 1.83 bits per heavy atom. The number of rotatable bonds is 1. The third-order valence-corrected chi connectivity index (χ3v) is 2.61. The molecule has 0 bridgehead atoms. The average molecular weight is 245 g/mol. The molecular weight excluding hydrogens is 226 g/mol. The minimum atomic E-state index is -0.421. The molecule has 1 aromatic carbocycles. The molecule has 0 unspecified atom stereocenters. The van der Waals surface area contributed by atoms with Gasteiger partial charge in [0.2, 0.25) is 0 Å². The number of nitrogens with zero attached hydrogens (tertiary/aromatic N) is 1. The molecule has 3 nitrogen and oxygen atoms in total. The fourth-order valence-corrected chi connectivity index (χ4v) is 1.78. The highest BCUT2D eigenvalue weighted by molar-refractivity contribution is 5.72. The predicted octanol–water partition coefficient (Wildman–Crippen LogP) is 3.32. The summed E-state index contributed by atoms with van der Waals surface area (Å²) in [5.74, 6) is 0. The number of carbonyl (C=O) groups is 1. The molecule has 0 aromatic heterocycles. The zero-order valence-electron chi connectivity index (χ0n) is 11.1. The van der Waals surface area contributed by atoms with Crippen LogP contribution in [0.3, 0.4) is 0 Å². The molecule has 1 aromatic rings. The summed E-state index contributed by atoms with van der Waals surface area (Å²) in [5.41, 5.74) is 2.01. The van der Waals surface area contributed by atoms with Crippen LogP contribution >= 0.6 is 0 Å². The van der Waals surface area contributed by atoms with Crippen molar-refractivity contribution >= 4 is 12.2 Å². The van der Waals surface area contributed by atoms with Crippen molar-refractivity contribution in [2.75, 3.05) is 13.1 Å². The molecule has 3 heteroatoms. The molecule has 1 fully saturated rings. The van der Waals surface area contributed by atoms with Gasteiger partial charge in [-0.25, -0.2) is 4.79 Å². The molecule has 1 aliphatic rings. The van der Waals surface area contributed by atoms with Crippen LogP contribution in [0.5, 0.6) is 0 Å². The third-order valence-electron chi connectivity index (χ3n) is 2.61. The molecular formula is C15H19NO2. The fraction of sp³-hybridized carbons (Fsp3) is 0.400. The predicted molar refractivity (Wildman–Crippen MR) is 72.2 cm³/mol. The lowest BCUT2D eigenvalue weighted by Crippen LogP contribution is -2.46. The van der Waals surface area contributed by atoms with Gasteiger partial charge in [-0.3, -0.25) is 0 Å². The van der Waals surface area contributed by atoms with Crippen LogP contribution in [0.2, 0.25) is 0 Å². The fourth-order valence-electron chi connectivity index (χ4n) is 1.78. The SMILES string of the molecule is CC(C)(C)OC(=O)N1CC(=Cc2ccccc2)C1. The van der Waals surface area contributed by atoms with Crippen LogP contribution in [-0.4, -0.2) is 29.7 Å². The molecule has 1 aliphatic heterocycles. The van der Waals surface area contributed by atoms with Gasteiger partial charge >= 0.3 is 6.09 Å². The highest BCUT2D eigenvalue weighted by Gasteiger charge is 2.29. The van der Waals surface area contributed by atoms with Gasteiger partial charge in [-0.2, -0.15) is 0 Å². The van der Waals surface area contributed by atoms with Crippen LogP contribution in [0.15, 0.2) is 35.9 Å². The molecule has 0 spiro atoms. The summed E-state index contributed by atoms with van der Waals surface area (Å²) in [6.45, 7) is 6.98. The Bertz CT molecular complexity index is 449. The van der Waals surface area contributed by atoms with Crippen molar-refractivity contribution in [3.05, 3.63) is 41.5 Å². The monoisotopic (exact) mass is 245 g/mol. The Morgan fingerprint density at radius 3 is 2.39 bits per heavy atom. The van der Waals surface area contributed by atoms with Crippen LogP contribution in [-0.2, 0) is 4.74 Å². The molecule has 18 heavy (non-hydrogen) atoms. The van der Waals surface area contributed by atoms with E-state index in [2.05, 4.69) is 18.2 Å². The van der Waals surface area contributed by atoms with Gasteiger partial charge < -0.3 is 9.64 Å². The molecule has 1 heterocycles. The van der Waals surface area contributed by atoms with E-state index < -0.39 is 5.60 Å². The standard InChI is InChI=1S/C15H19NO2/c1-15(2,3)18-14(17)16-10-13(11-16)9-12-7-5-4-6-8-12/h4-9H,10-11H2,1-3H3. The Labute approximate surface area is 108 Å². The number of hydrogen-bond acceptors (Lipinski definition) is 2. The van der Waals surface area contributed by atoms with Gasteiger partial charge in [0, 0.05) is 13.1 Å². The van der Waals surface area contributed by atoms with Crippen LogP contribution in [0.4, 0.5) is 4.79 Å². The second-order valence-electron chi connectivity index (χ2n) is 5.55. The van der Waals surface area contributed by atoms with Gasteiger partial charge in [0.25, 0.3) is 0 Å². The first-order chi connectivity index (χ1) is 8.44. The van der Waals surface area contributed by atoms with Gasteiger partial charge in [0.1, 0.15) is 5.60 Å². The van der Waals surface area contributed by atoms with Gasteiger partial charge in [0.15, 0.2) is 0 Å². The summed E-state index contributed by atoms with van der Waals surface area (Å²) >= 11 is 0. The molecule has 0 N–H and O–H groups in total. The summed E-state index contributed by atoms with van der Waals surface area (Å²) in [6, 6.07) is 10.1. The summed E-state index contributed by atoms with van der Waals surface area (Å²) < 4.78 is 5.30. The van der Waals surface area contributed by atoms with E-state index in [0.29, 0.717) is 13.1 Å². The van der Waals surface area contributed by atoms with Crippen molar-refractivity contribution in [1.29, 1.82) is 0 Å². The number of likely N-dealkylation sites (tertiary alicyclic amines) is 1. The van der Waals surface area contributed by atoms with Crippen LogP contribution in [0.25, 0.3) is 6.08 Å². The van der Waals surface area contributed by atoms with Gasteiger partial charge in [-0.05, 0) is 31.9 Å². The lowest BCUT2D eigenvalue weighted by atomic mass is 10.0. The van der Waals surface area contributed by atoms with Crippen molar-refractivity contribution in [3.63, 3.8) is 0 Å². The lowest BCUT2D eigenvalue weighted by Gasteiger charge is -2.35. The number of amides is 1. The van der Waals surface area contributed by atoms with E-state index in [4.69, 9.17) is 4.74 Å². The minimum absolute atomic E-state index is 0.229. The van der Waals surface area contributed by atoms with E-state index in [1.54, 1.807) is 4.90 Å². The van der Waals surface area contributed by atoms with Crippen molar-refractivity contribution in [2.24, 2.45) is 0 Å². The molecule has 1 amide bonds. The quantitative estimate of drug-likeness (QED) is 0.759. The Kier molecular flexibility index (Phi) is 3.41. The molecule has 0 saturated carbocycles. The molecule has 0 aliphatic carbocycles. The second-order valence-corrected chi connectivity index (χ2v) is 5.55. The van der Waals surface area contributed by atoms with E-state index in [-0.39, 0.29) is 6.09 Å². The van der Waals surface area contributed by atoms with E-state index in [1.165, 1.54) is 11.1 Å². The van der Waals surface area contributed by atoms with E-state index in [9.17, 15) is 4.79 Å². The van der Waals surface area contributed by atoms with Crippen molar-refractivity contribution in [2.45, 2.75) is 26.4 Å². The zero-order valence-corrected chi connectivity index (χ0v) is 11.1.